The van der Waals surface area contributed by atoms with Gasteiger partial charge in [-0.05, 0) is 37.3 Å². The predicted molar refractivity (Wildman–Crippen MR) is 113 cm³/mol. The van der Waals surface area contributed by atoms with E-state index in [9.17, 15) is 9.90 Å². The second-order valence-electron chi connectivity index (χ2n) is 6.90. The molecule has 162 valence electrons. The molecule has 0 aliphatic carbocycles. The number of benzene rings is 3. The van der Waals surface area contributed by atoms with Crippen LogP contribution < -0.4 is 28.4 Å². The van der Waals surface area contributed by atoms with Gasteiger partial charge in [-0.25, -0.2) is 4.79 Å². The summed E-state index contributed by atoms with van der Waals surface area (Å²) in [5.74, 6) is 2.16. The predicted octanol–water partition coefficient (Wildman–Crippen LogP) is 5.46. The fourth-order valence-corrected chi connectivity index (χ4v) is 3.41. The summed E-state index contributed by atoms with van der Waals surface area (Å²) >= 11 is 0. The lowest BCUT2D eigenvalue weighted by atomic mass is 10.1. The van der Waals surface area contributed by atoms with E-state index in [2.05, 4.69) is 0 Å². The van der Waals surface area contributed by atoms with Crippen molar-refractivity contribution < 1.29 is 38.3 Å². The normalized spacial score (nSPS) is 13.4. The van der Waals surface area contributed by atoms with E-state index in [0.29, 0.717) is 34.5 Å². The highest BCUT2D eigenvalue weighted by Crippen LogP contribution is 2.43. The van der Waals surface area contributed by atoms with Crippen LogP contribution in [0.1, 0.15) is 22.8 Å². The van der Waals surface area contributed by atoms with Crippen LogP contribution in [0.3, 0.4) is 0 Å². The van der Waals surface area contributed by atoms with Crippen molar-refractivity contribution in [3.8, 4) is 46.0 Å². The summed E-state index contributed by atoms with van der Waals surface area (Å²) in [6, 6.07) is 13.3. The lowest BCUT2D eigenvalue weighted by molar-refractivity contribution is 0.0691. The zero-order valence-electron chi connectivity index (χ0n) is 17.0. The molecular weight excluding hydrogens is 416 g/mol. The lowest BCUT2D eigenvalue weighted by Crippen LogP contribution is -2.03. The quantitative estimate of drug-likeness (QED) is 0.547. The van der Waals surface area contributed by atoms with Gasteiger partial charge >= 0.3 is 5.97 Å². The van der Waals surface area contributed by atoms with Crippen LogP contribution in [0, 0.1) is 0 Å². The number of ether oxygens (including phenoxy) is 6. The summed E-state index contributed by atoms with van der Waals surface area (Å²) in [5, 5.41) is 9.92. The molecule has 0 saturated heterocycles. The first-order chi connectivity index (χ1) is 15.6. The highest BCUT2D eigenvalue weighted by molar-refractivity contribution is 5.94. The molecule has 2 aliphatic heterocycles. The van der Waals surface area contributed by atoms with Crippen molar-refractivity contribution in [2.45, 2.75) is 6.92 Å². The molecule has 0 bridgehead atoms. The summed E-state index contributed by atoms with van der Waals surface area (Å²) < 4.78 is 33.4. The van der Waals surface area contributed by atoms with Gasteiger partial charge in [-0.15, -0.1) is 0 Å². The van der Waals surface area contributed by atoms with Gasteiger partial charge in [0, 0.05) is 17.7 Å². The first-order valence-electron chi connectivity index (χ1n) is 9.80. The third-order valence-corrected chi connectivity index (χ3v) is 4.84. The molecule has 8 heteroatoms. The van der Waals surface area contributed by atoms with Crippen molar-refractivity contribution in [1.82, 2.24) is 0 Å². The number of carboxylic acids is 1. The van der Waals surface area contributed by atoms with Gasteiger partial charge in [0.25, 0.3) is 0 Å². The molecule has 0 atom stereocenters. The highest BCUT2D eigenvalue weighted by atomic mass is 16.7. The first kappa shape index (κ1) is 19.6. The van der Waals surface area contributed by atoms with Gasteiger partial charge in [0.15, 0.2) is 23.0 Å². The minimum Gasteiger partial charge on any atom is -0.477 e. The Balaban J connectivity index is 1.51. The zero-order chi connectivity index (χ0) is 22.1. The lowest BCUT2D eigenvalue weighted by Gasteiger charge is -2.15. The molecule has 0 saturated carbocycles. The molecule has 32 heavy (non-hydrogen) atoms. The molecule has 0 spiro atoms. The molecule has 0 unspecified atom stereocenters. The molecule has 0 fully saturated rings. The highest BCUT2D eigenvalue weighted by Gasteiger charge is 2.23. The Hall–Kier alpha value is -4.33. The molecule has 0 radical (unpaired) electrons. The van der Waals surface area contributed by atoms with E-state index in [1.54, 1.807) is 48.5 Å². The van der Waals surface area contributed by atoms with Crippen LogP contribution in [0.4, 0.5) is 0 Å². The average Bonchev–Trinajstić information content (AvgIpc) is 3.42. The average molecular weight is 434 g/mol. The standard InChI is InChI=1S/C24H18O8/c1-2-4-14-9-20-22(30-13-28-20)11-19(14)32-18-6-3-5-17(23(18)24(25)26)31-15-7-8-16-21(10-15)29-12-27-16/h2-11H,12-13H2,1H3,(H,25,26)/b4-2+. The molecule has 3 aromatic rings. The Labute approximate surface area is 183 Å². The van der Waals surface area contributed by atoms with Gasteiger partial charge in [0.2, 0.25) is 13.6 Å². The fourth-order valence-electron chi connectivity index (χ4n) is 3.41. The number of hydrogen-bond donors (Lipinski definition) is 1. The first-order valence-corrected chi connectivity index (χ1v) is 9.80. The van der Waals surface area contributed by atoms with Crippen LogP contribution >= 0.6 is 0 Å². The molecular formula is C24H18O8. The molecule has 0 aromatic heterocycles. The summed E-state index contributed by atoms with van der Waals surface area (Å²) in [6.45, 7) is 2.12. The number of rotatable bonds is 6. The number of fused-ring (bicyclic) bond motifs is 2. The number of carboxylic acid groups (broad SMARTS) is 1. The largest absolute Gasteiger partial charge is 0.477 e. The Morgan fingerprint density at radius 1 is 0.844 bits per heavy atom. The van der Waals surface area contributed by atoms with E-state index < -0.39 is 5.97 Å². The third-order valence-electron chi connectivity index (χ3n) is 4.84. The Morgan fingerprint density at radius 2 is 1.50 bits per heavy atom. The minimum atomic E-state index is -1.19. The van der Waals surface area contributed by atoms with Crippen LogP contribution in [-0.2, 0) is 0 Å². The van der Waals surface area contributed by atoms with E-state index in [-0.39, 0.29) is 30.6 Å². The van der Waals surface area contributed by atoms with E-state index in [1.807, 2.05) is 19.1 Å². The van der Waals surface area contributed by atoms with Crippen LogP contribution in [0.2, 0.25) is 0 Å². The van der Waals surface area contributed by atoms with Gasteiger partial charge in [-0.3, -0.25) is 0 Å². The third kappa shape index (κ3) is 3.62. The van der Waals surface area contributed by atoms with E-state index in [4.69, 9.17) is 28.4 Å². The molecule has 3 aromatic carbocycles. The molecule has 1 N–H and O–H groups in total. The smallest absolute Gasteiger partial charge is 0.343 e. The summed E-state index contributed by atoms with van der Waals surface area (Å²) in [7, 11) is 0. The van der Waals surface area contributed by atoms with Gasteiger partial charge < -0.3 is 33.5 Å². The Bertz CT molecular complexity index is 1230. The van der Waals surface area contributed by atoms with E-state index in [1.165, 1.54) is 0 Å². The summed E-state index contributed by atoms with van der Waals surface area (Å²) in [6.07, 6.45) is 3.69. The molecule has 2 heterocycles. The SMILES string of the molecule is C/C=C/c1cc2c(cc1Oc1cccc(Oc3ccc4c(c3)OCO4)c1C(=O)O)OCO2. The number of allylic oxidation sites excluding steroid dienone is 1. The van der Waals surface area contributed by atoms with Crippen molar-refractivity contribution in [3.05, 3.63) is 65.7 Å². The summed E-state index contributed by atoms with van der Waals surface area (Å²) in [5.41, 5.74) is 0.601. The van der Waals surface area contributed by atoms with E-state index in [0.717, 1.165) is 5.56 Å². The van der Waals surface area contributed by atoms with E-state index >= 15 is 0 Å². The number of carbonyl (C=O) groups is 1. The van der Waals surface area contributed by atoms with Crippen molar-refractivity contribution >= 4 is 12.0 Å². The van der Waals surface area contributed by atoms with Crippen LogP contribution in [0.15, 0.2) is 54.6 Å². The maximum absolute atomic E-state index is 12.1. The fraction of sp³-hybridized carbons (Fsp3) is 0.125. The zero-order valence-corrected chi connectivity index (χ0v) is 17.0. The van der Waals surface area contributed by atoms with Crippen LogP contribution in [-0.4, -0.2) is 24.7 Å². The summed E-state index contributed by atoms with van der Waals surface area (Å²) in [4.78, 5) is 12.1. The second-order valence-corrected chi connectivity index (χ2v) is 6.90. The molecule has 8 nitrogen and oxygen atoms in total. The topological polar surface area (TPSA) is 92.7 Å². The van der Waals surface area contributed by atoms with Crippen molar-refractivity contribution in [3.63, 3.8) is 0 Å². The molecule has 2 aliphatic rings. The van der Waals surface area contributed by atoms with Crippen molar-refractivity contribution in [1.29, 1.82) is 0 Å². The maximum atomic E-state index is 12.1. The Morgan fingerprint density at radius 3 is 2.22 bits per heavy atom. The van der Waals surface area contributed by atoms with Crippen LogP contribution in [0.25, 0.3) is 6.08 Å². The molecule has 0 amide bonds. The number of aromatic carboxylic acids is 1. The number of hydrogen-bond acceptors (Lipinski definition) is 7. The van der Waals surface area contributed by atoms with Crippen molar-refractivity contribution in [2.24, 2.45) is 0 Å². The monoisotopic (exact) mass is 434 g/mol. The van der Waals surface area contributed by atoms with Gasteiger partial charge in [0.05, 0.1) is 0 Å². The molecule has 5 rings (SSSR count). The maximum Gasteiger partial charge on any atom is 0.343 e. The Kier molecular flexibility index (Phi) is 4.95. The minimum absolute atomic E-state index is 0.116. The van der Waals surface area contributed by atoms with Gasteiger partial charge in [-0.2, -0.15) is 0 Å². The van der Waals surface area contributed by atoms with Gasteiger partial charge in [-0.1, -0.05) is 18.2 Å². The van der Waals surface area contributed by atoms with Crippen molar-refractivity contribution in [2.75, 3.05) is 13.6 Å². The van der Waals surface area contributed by atoms with Crippen LogP contribution in [0.5, 0.6) is 46.0 Å². The van der Waals surface area contributed by atoms with Gasteiger partial charge in [0.1, 0.15) is 28.6 Å². The second kappa shape index (κ2) is 8.07.